The Bertz CT molecular complexity index is 980. The van der Waals surface area contributed by atoms with Gasteiger partial charge in [-0.25, -0.2) is 0 Å². The van der Waals surface area contributed by atoms with Gasteiger partial charge in [-0.2, -0.15) is 0 Å². The van der Waals surface area contributed by atoms with Crippen LogP contribution in [0.2, 0.25) is 5.02 Å². The average Bonchev–Trinajstić information content (AvgIpc) is 2.74. The van der Waals surface area contributed by atoms with Crippen LogP contribution >= 0.6 is 11.6 Å². The molecular formula is C22H23ClN4O. The third-order valence-electron chi connectivity index (χ3n) is 5.34. The van der Waals surface area contributed by atoms with Gasteiger partial charge in [0.15, 0.2) is 0 Å². The highest BCUT2D eigenvalue weighted by Gasteiger charge is 2.26. The standard InChI is InChI=1S/C22H23ClN4O/c1-16(22(28)25-20-9-4-8-19-17(20)6-5-11-24-19)26-12-14-27(15-13-26)21-10-3-2-7-18(21)23/h2-11,16H,12-15H2,1H3,(H,25,28). The summed E-state index contributed by atoms with van der Waals surface area (Å²) in [6.45, 7) is 5.29. The number of carbonyl (C=O) groups is 1. The van der Waals surface area contributed by atoms with Crippen LogP contribution in [0.1, 0.15) is 6.92 Å². The number of aromatic nitrogens is 1. The lowest BCUT2D eigenvalue weighted by Crippen LogP contribution is -2.52. The van der Waals surface area contributed by atoms with Crippen LogP contribution in [0.15, 0.2) is 60.8 Å². The van der Waals surface area contributed by atoms with Gasteiger partial charge in [-0.05, 0) is 43.3 Å². The van der Waals surface area contributed by atoms with Gasteiger partial charge in [-0.15, -0.1) is 0 Å². The second kappa shape index (κ2) is 8.17. The molecule has 28 heavy (non-hydrogen) atoms. The van der Waals surface area contributed by atoms with E-state index in [-0.39, 0.29) is 11.9 Å². The molecule has 1 aliphatic heterocycles. The first-order valence-electron chi connectivity index (χ1n) is 9.51. The second-order valence-electron chi connectivity index (χ2n) is 7.02. The number of rotatable bonds is 4. The minimum Gasteiger partial charge on any atom is -0.368 e. The summed E-state index contributed by atoms with van der Waals surface area (Å²) in [6, 6.07) is 17.3. The number of benzene rings is 2. The lowest BCUT2D eigenvalue weighted by Gasteiger charge is -2.38. The van der Waals surface area contributed by atoms with Gasteiger partial charge in [0.2, 0.25) is 5.91 Å². The predicted octanol–water partition coefficient (Wildman–Crippen LogP) is 4.04. The van der Waals surface area contributed by atoms with Gasteiger partial charge < -0.3 is 10.2 Å². The molecule has 1 aromatic heterocycles. The van der Waals surface area contributed by atoms with Crippen LogP contribution in [0.3, 0.4) is 0 Å². The third kappa shape index (κ3) is 3.81. The lowest BCUT2D eigenvalue weighted by molar-refractivity contribution is -0.120. The number of nitrogens with zero attached hydrogens (tertiary/aromatic N) is 3. The van der Waals surface area contributed by atoms with Crippen molar-refractivity contribution in [1.82, 2.24) is 9.88 Å². The fourth-order valence-electron chi connectivity index (χ4n) is 3.67. The molecule has 5 nitrogen and oxygen atoms in total. The Balaban J connectivity index is 1.40. The number of anilines is 2. The molecule has 2 heterocycles. The minimum absolute atomic E-state index is 0.00236. The van der Waals surface area contributed by atoms with Gasteiger partial charge in [0.1, 0.15) is 0 Å². The highest BCUT2D eigenvalue weighted by atomic mass is 35.5. The highest BCUT2D eigenvalue weighted by molar-refractivity contribution is 6.33. The van der Waals surface area contributed by atoms with Crippen molar-refractivity contribution in [3.05, 3.63) is 65.8 Å². The van der Waals surface area contributed by atoms with Crippen molar-refractivity contribution in [2.75, 3.05) is 36.4 Å². The van der Waals surface area contributed by atoms with Crippen LogP contribution in [0.5, 0.6) is 0 Å². The Labute approximate surface area is 169 Å². The summed E-state index contributed by atoms with van der Waals surface area (Å²) in [5, 5.41) is 4.80. The molecule has 1 aliphatic rings. The zero-order valence-corrected chi connectivity index (χ0v) is 16.6. The van der Waals surface area contributed by atoms with E-state index in [4.69, 9.17) is 11.6 Å². The maximum absolute atomic E-state index is 12.9. The number of carbonyl (C=O) groups excluding carboxylic acids is 1. The van der Waals surface area contributed by atoms with Gasteiger partial charge in [-0.1, -0.05) is 29.8 Å². The Morgan fingerprint density at radius 3 is 2.61 bits per heavy atom. The Kier molecular flexibility index (Phi) is 5.46. The molecule has 0 saturated carbocycles. The summed E-state index contributed by atoms with van der Waals surface area (Å²) in [5.41, 5.74) is 2.74. The molecule has 1 atom stereocenters. The monoisotopic (exact) mass is 394 g/mol. The van der Waals surface area contributed by atoms with Gasteiger partial charge in [0.25, 0.3) is 0 Å². The Morgan fingerprint density at radius 2 is 1.82 bits per heavy atom. The normalized spacial score (nSPS) is 16.1. The van der Waals surface area contributed by atoms with Crippen LogP contribution in [0.4, 0.5) is 11.4 Å². The van der Waals surface area contributed by atoms with Gasteiger partial charge >= 0.3 is 0 Å². The summed E-state index contributed by atoms with van der Waals surface area (Å²) in [7, 11) is 0. The maximum Gasteiger partial charge on any atom is 0.241 e. The Morgan fingerprint density at radius 1 is 1.04 bits per heavy atom. The molecule has 0 radical (unpaired) electrons. The third-order valence-corrected chi connectivity index (χ3v) is 5.66. The van der Waals surface area contributed by atoms with Crippen LogP contribution < -0.4 is 10.2 Å². The largest absolute Gasteiger partial charge is 0.368 e. The van der Waals surface area contributed by atoms with Crippen molar-refractivity contribution in [1.29, 1.82) is 0 Å². The lowest BCUT2D eigenvalue weighted by atomic mass is 10.1. The van der Waals surface area contributed by atoms with Gasteiger partial charge in [0.05, 0.1) is 28.0 Å². The number of hydrogen-bond acceptors (Lipinski definition) is 4. The van der Waals surface area contributed by atoms with Crippen molar-refractivity contribution in [3.8, 4) is 0 Å². The molecular weight excluding hydrogens is 372 g/mol. The highest BCUT2D eigenvalue weighted by Crippen LogP contribution is 2.26. The zero-order chi connectivity index (χ0) is 19.5. The van der Waals surface area contributed by atoms with E-state index in [1.807, 2.05) is 61.5 Å². The van der Waals surface area contributed by atoms with E-state index in [1.54, 1.807) is 6.20 Å². The SMILES string of the molecule is CC(C(=O)Nc1cccc2ncccc12)N1CCN(c2ccccc2Cl)CC1. The number of amides is 1. The van der Waals surface area contributed by atoms with Crippen molar-refractivity contribution < 1.29 is 4.79 Å². The minimum atomic E-state index is -0.208. The fourth-order valence-corrected chi connectivity index (χ4v) is 3.93. The molecule has 3 aromatic rings. The average molecular weight is 395 g/mol. The van der Waals surface area contributed by atoms with E-state index in [0.29, 0.717) is 0 Å². The summed E-state index contributed by atoms with van der Waals surface area (Å²) >= 11 is 6.32. The molecule has 0 aliphatic carbocycles. The van der Waals surface area contributed by atoms with Crippen molar-refractivity contribution in [2.45, 2.75) is 13.0 Å². The first-order valence-corrected chi connectivity index (χ1v) is 9.89. The van der Waals surface area contributed by atoms with Crippen LogP contribution in [-0.4, -0.2) is 48.0 Å². The number of para-hydroxylation sites is 1. The number of pyridine rings is 1. The molecule has 2 aromatic carbocycles. The zero-order valence-electron chi connectivity index (χ0n) is 15.8. The van der Waals surface area contributed by atoms with Gasteiger partial charge in [0, 0.05) is 37.8 Å². The van der Waals surface area contributed by atoms with E-state index in [1.165, 1.54) is 0 Å². The van der Waals surface area contributed by atoms with Crippen LogP contribution in [0, 0.1) is 0 Å². The topological polar surface area (TPSA) is 48.5 Å². The van der Waals surface area contributed by atoms with E-state index in [9.17, 15) is 4.79 Å². The van der Waals surface area contributed by atoms with Crippen molar-refractivity contribution in [3.63, 3.8) is 0 Å². The summed E-state index contributed by atoms with van der Waals surface area (Å²) < 4.78 is 0. The van der Waals surface area contributed by atoms with E-state index >= 15 is 0 Å². The van der Waals surface area contributed by atoms with Gasteiger partial charge in [-0.3, -0.25) is 14.7 Å². The molecule has 0 bridgehead atoms. The van der Waals surface area contributed by atoms with Crippen LogP contribution in [-0.2, 0) is 4.79 Å². The summed E-state index contributed by atoms with van der Waals surface area (Å²) in [4.78, 5) is 21.7. The molecule has 4 rings (SSSR count). The molecule has 1 fully saturated rings. The van der Waals surface area contributed by atoms with Crippen LogP contribution in [0.25, 0.3) is 10.9 Å². The first kappa shape index (κ1) is 18.7. The summed E-state index contributed by atoms with van der Waals surface area (Å²) in [6.07, 6.45) is 1.76. The smallest absolute Gasteiger partial charge is 0.241 e. The molecule has 1 amide bonds. The number of hydrogen-bond donors (Lipinski definition) is 1. The number of nitrogens with one attached hydrogen (secondary N) is 1. The van der Waals surface area contributed by atoms with Crippen molar-refractivity contribution >= 4 is 39.8 Å². The molecule has 1 saturated heterocycles. The molecule has 1 unspecified atom stereocenters. The molecule has 0 spiro atoms. The quantitative estimate of drug-likeness (QED) is 0.725. The molecule has 144 valence electrons. The van der Waals surface area contributed by atoms with E-state index in [0.717, 1.165) is 53.5 Å². The van der Waals surface area contributed by atoms with Crippen molar-refractivity contribution in [2.24, 2.45) is 0 Å². The maximum atomic E-state index is 12.9. The predicted molar refractivity (Wildman–Crippen MR) is 115 cm³/mol. The van der Waals surface area contributed by atoms with E-state index in [2.05, 4.69) is 20.1 Å². The van der Waals surface area contributed by atoms with E-state index < -0.39 is 0 Å². The second-order valence-corrected chi connectivity index (χ2v) is 7.42. The first-order chi connectivity index (χ1) is 13.6. The fraction of sp³-hybridized carbons (Fsp3) is 0.273. The summed E-state index contributed by atoms with van der Waals surface area (Å²) in [5.74, 6) is 0.00236. The molecule has 1 N–H and O–H groups in total. The number of fused-ring (bicyclic) bond motifs is 1. The number of halogens is 1. The molecule has 6 heteroatoms. The number of piperazine rings is 1. The Hall–Kier alpha value is -2.63.